The van der Waals surface area contributed by atoms with E-state index in [-0.39, 0.29) is 12.5 Å². The number of nitriles is 1. The minimum Gasteiger partial charge on any atom is -0.467 e. The number of benzene rings is 1. The van der Waals surface area contributed by atoms with Crippen molar-refractivity contribution in [2.75, 3.05) is 6.61 Å². The normalized spacial score (nSPS) is 15.2. The fourth-order valence-corrected chi connectivity index (χ4v) is 3.88. The summed E-state index contributed by atoms with van der Waals surface area (Å²) in [6.07, 6.45) is 6.27. The van der Waals surface area contributed by atoms with Gasteiger partial charge in [0, 0.05) is 0 Å². The van der Waals surface area contributed by atoms with Crippen LogP contribution in [0.2, 0.25) is 0 Å². The first kappa shape index (κ1) is 18.9. The molecule has 4 rings (SSSR count). The maximum absolute atomic E-state index is 12.3. The highest BCUT2D eigenvalue weighted by Gasteiger charge is 2.35. The molecule has 148 valence electrons. The molecule has 3 aromatic rings. The largest absolute Gasteiger partial charge is 0.467 e. The molecule has 1 aromatic carbocycles. The monoisotopic (exact) mass is 390 g/mol. The van der Waals surface area contributed by atoms with Crippen molar-refractivity contribution in [3.63, 3.8) is 0 Å². The minimum absolute atomic E-state index is 0.218. The highest BCUT2D eigenvalue weighted by molar-refractivity contribution is 5.83. The van der Waals surface area contributed by atoms with Crippen molar-refractivity contribution in [1.29, 1.82) is 5.26 Å². The summed E-state index contributed by atoms with van der Waals surface area (Å²) >= 11 is 0. The molecule has 29 heavy (non-hydrogen) atoms. The van der Waals surface area contributed by atoms with E-state index in [9.17, 15) is 10.1 Å². The molecule has 1 amide bonds. The summed E-state index contributed by atoms with van der Waals surface area (Å²) in [5.74, 6) is -0.0416. The summed E-state index contributed by atoms with van der Waals surface area (Å²) in [7, 11) is 0. The molecule has 0 bridgehead atoms. The zero-order valence-corrected chi connectivity index (χ0v) is 16.5. The van der Waals surface area contributed by atoms with Gasteiger partial charge < -0.3 is 10.1 Å². The summed E-state index contributed by atoms with van der Waals surface area (Å²) < 4.78 is 7.38. The van der Waals surface area contributed by atoms with Crippen LogP contribution >= 0.6 is 0 Å². The van der Waals surface area contributed by atoms with E-state index < -0.39 is 5.54 Å². The van der Waals surface area contributed by atoms with Gasteiger partial charge in [0.25, 0.3) is 5.91 Å². The van der Waals surface area contributed by atoms with Crippen molar-refractivity contribution in [2.24, 2.45) is 0 Å². The average molecular weight is 390 g/mol. The minimum atomic E-state index is -0.769. The van der Waals surface area contributed by atoms with Gasteiger partial charge in [-0.3, -0.25) is 4.79 Å². The molecule has 1 aliphatic carbocycles. The van der Waals surface area contributed by atoms with Gasteiger partial charge in [0.2, 0.25) is 5.88 Å². The molecule has 0 spiro atoms. The highest BCUT2D eigenvalue weighted by atomic mass is 16.5. The van der Waals surface area contributed by atoms with Crippen LogP contribution in [-0.2, 0) is 4.79 Å². The van der Waals surface area contributed by atoms with E-state index in [1.807, 2.05) is 26.0 Å². The van der Waals surface area contributed by atoms with Gasteiger partial charge in [-0.1, -0.05) is 6.07 Å². The van der Waals surface area contributed by atoms with E-state index in [4.69, 9.17) is 4.74 Å². The van der Waals surface area contributed by atoms with Crippen molar-refractivity contribution in [3.8, 4) is 17.6 Å². The number of ether oxygens (including phenoxy) is 1. The Balaban J connectivity index is 1.54. The lowest BCUT2D eigenvalue weighted by atomic mass is 10.00. The first-order chi connectivity index (χ1) is 14.0. The standard InChI is InChI=1S/C21H22N6O2/c1-14-7-15(2)9-16(8-14)27-19-17(10-25-27)20(24-13-23-19)29-11-18(28)26-21(12-22)5-3-4-6-21/h7-10,13H,3-6,11H2,1-2H3,(H,26,28). The molecule has 0 saturated heterocycles. The first-order valence-corrected chi connectivity index (χ1v) is 9.62. The second-order valence-corrected chi connectivity index (χ2v) is 7.56. The zero-order valence-electron chi connectivity index (χ0n) is 16.5. The third-order valence-corrected chi connectivity index (χ3v) is 5.17. The summed E-state index contributed by atoms with van der Waals surface area (Å²) in [5.41, 5.74) is 2.99. The van der Waals surface area contributed by atoms with Crippen LogP contribution in [0.5, 0.6) is 5.88 Å². The molecule has 8 heteroatoms. The molecule has 2 heterocycles. The fraction of sp³-hybridized carbons (Fsp3) is 0.381. The molecule has 1 fully saturated rings. The van der Waals surface area contributed by atoms with Crippen molar-refractivity contribution in [2.45, 2.75) is 45.1 Å². The Kier molecular flexibility index (Phi) is 4.89. The van der Waals surface area contributed by atoms with Crippen LogP contribution in [0.25, 0.3) is 16.7 Å². The van der Waals surface area contributed by atoms with Crippen molar-refractivity contribution in [3.05, 3.63) is 41.9 Å². The molecule has 0 radical (unpaired) electrons. The Morgan fingerprint density at radius 2 is 1.97 bits per heavy atom. The van der Waals surface area contributed by atoms with Crippen molar-refractivity contribution >= 4 is 16.9 Å². The number of hydrogen-bond donors (Lipinski definition) is 1. The first-order valence-electron chi connectivity index (χ1n) is 9.62. The number of nitrogens with zero attached hydrogens (tertiary/aromatic N) is 5. The smallest absolute Gasteiger partial charge is 0.259 e. The molecule has 0 unspecified atom stereocenters. The summed E-state index contributed by atoms with van der Waals surface area (Å²) in [5, 5.41) is 17.3. The number of rotatable bonds is 5. The number of carbonyl (C=O) groups excluding carboxylic acids is 1. The van der Waals surface area contributed by atoms with E-state index in [0.717, 1.165) is 29.7 Å². The van der Waals surface area contributed by atoms with Crippen LogP contribution in [0.1, 0.15) is 36.8 Å². The average Bonchev–Trinajstić information content (AvgIpc) is 3.33. The number of hydrogen-bond acceptors (Lipinski definition) is 6. The van der Waals surface area contributed by atoms with Gasteiger partial charge in [-0.05, 0) is 62.8 Å². The van der Waals surface area contributed by atoms with Crippen LogP contribution in [0.3, 0.4) is 0 Å². The molecular formula is C21H22N6O2. The van der Waals surface area contributed by atoms with Crippen LogP contribution in [0.15, 0.2) is 30.7 Å². The van der Waals surface area contributed by atoms with E-state index in [0.29, 0.717) is 29.8 Å². The Labute approximate surface area is 168 Å². The van der Waals surface area contributed by atoms with Crippen LogP contribution in [0, 0.1) is 25.2 Å². The van der Waals surface area contributed by atoms with E-state index in [2.05, 4.69) is 32.5 Å². The second kappa shape index (κ2) is 7.51. The Bertz CT molecular complexity index is 1090. The Morgan fingerprint density at radius 1 is 1.24 bits per heavy atom. The molecule has 2 aromatic heterocycles. The Hall–Kier alpha value is -3.47. The Morgan fingerprint density at radius 3 is 2.66 bits per heavy atom. The number of carbonyl (C=O) groups is 1. The number of aromatic nitrogens is 4. The maximum Gasteiger partial charge on any atom is 0.259 e. The molecule has 8 nitrogen and oxygen atoms in total. The lowest BCUT2D eigenvalue weighted by molar-refractivity contribution is -0.124. The molecule has 1 saturated carbocycles. The van der Waals surface area contributed by atoms with Gasteiger partial charge in [0.05, 0.1) is 18.0 Å². The lowest BCUT2D eigenvalue weighted by Gasteiger charge is -2.21. The maximum atomic E-state index is 12.3. The zero-order chi connectivity index (χ0) is 20.4. The number of fused-ring (bicyclic) bond motifs is 1. The van der Waals surface area contributed by atoms with Crippen molar-refractivity contribution < 1.29 is 9.53 Å². The van der Waals surface area contributed by atoms with Gasteiger partial charge in [0.15, 0.2) is 12.3 Å². The third-order valence-electron chi connectivity index (χ3n) is 5.17. The number of nitrogens with one attached hydrogen (secondary N) is 1. The second-order valence-electron chi connectivity index (χ2n) is 7.56. The van der Waals surface area contributed by atoms with Crippen LogP contribution in [-0.4, -0.2) is 37.8 Å². The number of amides is 1. The lowest BCUT2D eigenvalue weighted by Crippen LogP contribution is -2.47. The topological polar surface area (TPSA) is 106 Å². The molecule has 1 aliphatic rings. The quantitative estimate of drug-likeness (QED) is 0.718. The van der Waals surface area contributed by atoms with Gasteiger partial charge in [0.1, 0.15) is 17.3 Å². The SMILES string of the molecule is Cc1cc(C)cc(-n2ncc3c(OCC(=O)NC4(C#N)CCCC4)ncnc32)c1. The van der Waals surface area contributed by atoms with Gasteiger partial charge >= 0.3 is 0 Å². The third kappa shape index (κ3) is 3.76. The van der Waals surface area contributed by atoms with E-state index >= 15 is 0 Å². The molecule has 0 aliphatic heterocycles. The highest BCUT2D eigenvalue weighted by Crippen LogP contribution is 2.29. The molecule has 1 N–H and O–H groups in total. The van der Waals surface area contributed by atoms with Gasteiger partial charge in [-0.2, -0.15) is 10.4 Å². The predicted molar refractivity (Wildman–Crippen MR) is 107 cm³/mol. The van der Waals surface area contributed by atoms with Gasteiger partial charge in [-0.15, -0.1) is 0 Å². The van der Waals surface area contributed by atoms with Crippen molar-refractivity contribution in [1.82, 2.24) is 25.1 Å². The van der Waals surface area contributed by atoms with E-state index in [1.165, 1.54) is 6.33 Å². The summed E-state index contributed by atoms with van der Waals surface area (Å²) in [6.45, 7) is 3.84. The predicted octanol–water partition coefficient (Wildman–Crippen LogP) is 2.76. The summed E-state index contributed by atoms with van der Waals surface area (Å²) in [4.78, 5) is 20.8. The van der Waals surface area contributed by atoms with Crippen LogP contribution < -0.4 is 10.1 Å². The fourth-order valence-electron chi connectivity index (χ4n) is 3.88. The van der Waals surface area contributed by atoms with Gasteiger partial charge in [-0.25, -0.2) is 14.6 Å². The molecule has 0 atom stereocenters. The summed E-state index contributed by atoms with van der Waals surface area (Å²) in [6, 6.07) is 8.39. The van der Waals surface area contributed by atoms with Crippen LogP contribution in [0.4, 0.5) is 0 Å². The van der Waals surface area contributed by atoms with E-state index in [1.54, 1.807) is 10.9 Å². The number of aryl methyl sites for hydroxylation is 2. The molecular weight excluding hydrogens is 368 g/mol.